The van der Waals surface area contributed by atoms with E-state index in [2.05, 4.69) is 69.1 Å². The van der Waals surface area contributed by atoms with Crippen LogP contribution in [-0.2, 0) is 7.05 Å². The minimum Gasteiger partial charge on any atom is -0.355 e. The average Bonchev–Trinajstić information content (AvgIpc) is 3.21. The van der Waals surface area contributed by atoms with Crippen molar-refractivity contribution in [1.82, 2.24) is 19.8 Å². The summed E-state index contributed by atoms with van der Waals surface area (Å²) in [5.41, 5.74) is 3.72. The Morgan fingerprint density at radius 3 is 2.03 bits per heavy atom. The standard InChI is InChI=1S/C17H16N4O2.C11H25N.C3H8/c1-18-16(23)12-4-6-13(7-5-12)19-17-20-14-8-3-11(10-22)9-15(14)21(17)2;1-10(2)6-8-12(5)9-7-11(3)4;1-3-2/h3-10H,1-2H3,(H,18,23)(H,19,20);10-11H,6-9H2,1-5H3;3H2,1-2H3. The highest BCUT2D eigenvalue weighted by Crippen LogP contribution is 2.22. The van der Waals surface area contributed by atoms with E-state index < -0.39 is 0 Å². The zero-order chi connectivity index (χ0) is 28.7. The summed E-state index contributed by atoms with van der Waals surface area (Å²) < 4.78 is 1.88. The molecule has 0 atom stereocenters. The summed E-state index contributed by atoms with van der Waals surface area (Å²) in [7, 11) is 5.71. The smallest absolute Gasteiger partial charge is 0.251 e. The van der Waals surface area contributed by atoms with E-state index in [1.165, 1.54) is 32.4 Å². The molecule has 1 aromatic heterocycles. The second-order valence-corrected chi connectivity index (χ2v) is 10.5. The van der Waals surface area contributed by atoms with Crippen LogP contribution in [0.2, 0.25) is 0 Å². The molecule has 0 radical (unpaired) electrons. The summed E-state index contributed by atoms with van der Waals surface area (Å²) in [4.78, 5) is 29.4. The molecule has 7 heteroatoms. The number of anilines is 2. The van der Waals surface area contributed by atoms with Crippen molar-refractivity contribution in [3.8, 4) is 0 Å². The Bertz CT molecular complexity index is 1090. The number of hydrogen-bond acceptors (Lipinski definition) is 5. The summed E-state index contributed by atoms with van der Waals surface area (Å²) >= 11 is 0. The summed E-state index contributed by atoms with van der Waals surface area (Å²) in [5.74, 6) is 2.22. The number of aromatic nitrogens is 2. The van der Waals surface area contributed by atoms with Crippen LogP contribution >= 0.6 is 0 Å². The van der Waals surface area contributed by atoms with Gasteiger partial charge in [0.25, 0.3) is 5.91 Å². The number of benzene rings is 2. The van der Waals surface area contributed by atoms with Gasteiger partial charge in [-0.05, 0) is 87.3 Å². The number of hydrogen-bond donors (Lipinski definition) is 2. The van der Waals surface area contributed by atoms with Gasteiger partial charge in [0.15, 0.2) is 0 Å². The molecule has 210 valence electrons. The van der Waals surface area contributed by atoms with Gasteiger partial charge in [-0.3, -0.25) is 9.59 Å². The van der Waals surface area contributed by atoms with Crippen LogP contribution in [0, 0.1) is 11.8 Å². The molecule has 0 aliphatic carbocycles. The lowest BCUT2D eigenvalue weighted by molar-refractivity contribution is 0.0962. The zero-order valence-electron chi connectivity index (χ0n) is 25.0. The molecule has 0 fully saturated rings. The van der Waals surface area contributed by atoms with E-state index in [0.29, 0.717) is 17.1 Å². The van der Waals surface area contributed by atoms with Crippen molar-refractivity contribution in [3.05, 3.63) is 53.6 Å². The molecular formula is C31H49N5O2. The zero-order valence-corrected chi connectivity index (χ0v) is 25.0. The Morgan fingerprint density at radius 1 is 1.00 bits per heavy atom. The molecule has 1 amide bonds. The number of aldehydes is 1. The first-order valence-corrected chi connectivity index (χ1v) is 13.7. The van der Waals surface area contributed by atoms with E-state index in [1.807, 2.05) is 29.8 Å². The lowest BCUT2D eigenvalue weighted by Gasteiger charge is -2.18. The lowest BCUT2D eigenvalue weighted by atomic mass is 10.1. The number of amides is 1. The third-order valence-corrected chi connectivity index (χ3v) is 5.85. The Labute approximate surface area is 230 Å². The number of carbonyl (C=O) groups is 2. The Balaban J connectivity index is 0.000000408. The van der Waals surface area contributed by atoms with E-state index in [4.69, 9.17) is 0 Å². The number of nitrogens with zero attached hydrogens (tertiary/aromatic N) is 3. The van der Waals surface area contributed by atoms with Crippen LogP contribution in [0.4, 0.5) is 11.6 Å². The number of imidazole rings is 1. The fraction of sp³-hybridized carbons (Fsp3) is 0.516. The quantitative estimate of drug-likeness (QED) is 0.282. The molecule has 0 aliphatic rings. The Morgan fingerprint density at radius 2 is 1.55 bits per heavy atom. The van der Waals surface area contributed by atoms with Crippen molar-refractivity contribution < 1.29 is 9.59 Å². The lowest BCUT2D eigenvalue weighted by Crippen LogP contribution is -2.23. The molecule has 0 unspecified atom stereocenters. The van der Waals surface area contributed by atoms with Crippen LogP contribution in [0.3, 0.4) is 0 Å². The van der Waals surface area contributed by atoms with Crippen molar-refractivity contribution >= 4 is 34.9 Å². The minimum atomic E-state index is -0.124. The predicted octanol–water partition coefficient (Wildman–Crippen LogP) is 6.92. The molecule has 3 aromatic rings. The van der Waals surface area contributed by atoms with Crippen LogP contribution in [-0.4, -0.2) is 53.8 Å². The van der Waals surface area contributed by atoms with Crippen LogP contribution in [0.5, 0.6) is 0 Å². The van der Waals surface area contributed by atoms with E-state index in [-0.39, 0.29) is 5.91 Å². The van der Waals surface area contributed by atoms with Gasteiger partial charge in [-0.2, -0.15) is 0 Å². The molecule has 3 rings (SSSR count). The van der Waals surface area contributed by atoms with Gasteiger partial charge in [0.05, 0.1) is 11.0 Å². The average molecular weight is 524 g/mol. The normalized spacial score (nSPS) is 10.6. The first kappa shape index (κ1) is 32.8. The predicted molar refractivity (Wildman–Crippen MR) is 162 cm³/mol. The van der Waals surface area contributed by atoms with Crippen molar-refractivity contribution in [2.75, 3.05) is 32.5 Å². The number of carbonyl (C=O) groups excluding carboxylic acids is 2. The summed E-state index contributed by atoms with van der Waals surface area (Å²) in [6, 6.07) is 12.5. The molecule has 0 saturated heterocycles. The van der Waals surface area contributed by atoms with Gasteiger partial charge in [0.2, 0.25) is 5.95 Å². The van der Waals surface area contributed by atoms with Crippen molar-refractivity contribution in [2.24, 2.45) is 18.9 Å². The van der Waals surface area contributed by atoms with Crippen LogP contribution in [0.1, 0.15) is 81.5 Å². The molecule has 0 aliphatic heterocycles. The molecule has 1 heterocycles. The monoisotopic (exact) mass is 523 g/mol. The molecular weight excluding hydrogens is 474 g/mol. The van der Waals surface area contributed by atoms with Crippen LogP contribution < -0.4 is 10.6 Å². The summed E-state index contributed by atoms with van der Waals surface area (Å²) in [6.45, 7) is 15.9. The second-order valence-electron chi connectivity index (χ2n) is 10.5. The first-order chi connectivity index (χ1) is 18.1. The van der Waals surface area contributed by atoms with Gasteiger partial charge in [-0.15, -0.1) is 0 Å². The van der Waals surface area contributed by atoms with Crippen LogP contribution in [0.15, 0.2) is 42.5 Å². The van der Waals surface area contributed by atoms with E-state index in [9.17, 15) is 9.59 Å². The van der Waals surface area contributed by atoms with Crippen molar-refractivity contribution in [2.45, 2.75) is 60.8 Å². The maximum absolute atomic E-state index is 11.5. The third-order valence-electron chi connectivity index (χ3n) is 5.85. The fourth-order valence-electron chi connectivity index (χ4n) is 3.44. The summed E-state index contributed by atoms with van der Waals surface area (Å²) in [6.07, 6.45) is 4.72. The summed E-state index contributed by atoms with van der Waals surface area (Å²) in [5, 5.41) is 5.80. The fourth-order valence-corrected chi connectivity index (χ4v) is 3.44. The highest BCUT2D eigenvalue weighted by molar-refractivity contribution is 5.94. The van der Waals surface area contributed by atoms with E-state index >= 15 is 0 Å². The Kier molecular flexibility index (Phi) is 15.0. The van der Waals surface area contributed by atoms with Gasteiger partial charge >= 0.3 is 0 Å². The SMILES string of the molecule is CC(C)CCN(C)CCC(C)C.CCC.CNC(=O)c1ccc(Nc2nc3ccc(C=O)cc3n2C)cc1. The highest BCUT2D eigenvalue weighted by Gasteiger charge is 2.09. The van der Waals surface area contributed by atoms with Crippen molar-refractivity contribution in [3.63, 3.8) is 0 Å². The Hall–Kier alpha value is -3.19. The first-order valence-electron chi connectivity index (χ1n) is 13.7. The number of aryl methyl sites for hydroxylation is 1. The molecule has 2 aromatic carbocycles. The maximum atomic E-state index is 11.5. The number of fused-ring (bicyclic) bond motifs is 1. The van der Waals surface area contributed by atoms with Gasteiger partial charge in [0.1, 0.15) is 6.29 Å². The minimum absolute atomic E-state index is 0.124. The van der Waals surface area contributed by atoms with Crippen molar-refractivity contribution in [1.29, 1.82) is 0 Å². The van der Waals surface area contributed by atoms with Crippen LogP contribution in [0.25, 0.3) is 11.0 Å². The second kappa shape index (κ2) is 17.3. The van der Waals surface area contributed by atoms with Gasteiger partial charge < -0.3 is 20.1 Å². The molecule has 0 saturated carbocycles. The third kappa shape index (κ3) is 11.5. The number of rotatable bonds is 10. The molecule has 38 heavy (non-hydrogen) atoms. The topological polar surface area (TPSA) is 79.3 Å². The highest BCUT2D eigenvalue weighted by atomic mass is 16.1. The van der Waals surface area contributed by atoms with E-state index in [1.54, 1.807) is 31.3 Å². The molecule has 0 spiro atoms. The van der Waals surface area contributed by atoms with E-state index in [0.717, 1.165) is 34.8 Å². The molecule has 0 bridgehead atoms. The number of nitrogens with one attached hydrogen (secondary N) is 2. The van der Waals surface area contributed by atoms with Gasteiger partial charge in [0, 0.05) is 30.9 Å². The van der Waals surface area contributed by atoms with Gasteiger partial charge in [-0.1, -0.05) is 48.0 Å². The van der Waals surface area contributed by atoms with Gasteiger partial charge in [-0.25, -0.2) is 4.98 Å². The maximum Gasteiger partial charge on any atom is 0.251 e. The largest absolute Gasteiger partial charge is 0.355 e. The molecule has 2 N–H and O–H groups in total. The molecule has 7 nitrogen and oxygen atoms in total.